The van der Waals surface area contributed by atoms with Crippen LogP contribution in [0.4, 0.5) is 4.39 Å². The number of esters is 1. The fourth-order valence-electron chi connectivity index (χ4n) is 2.94. The number of rotatable bonds is 5. The van der Waals surface area contributed by atoms with Gasteiger partial charge in [0.2, 0.25) is 0 Å². The van der Waals surface area contributed by atoms with Gasteiger partial charge in [0.15, 0.2) is 0 Å². The average molecular weight is 390 g/mol. The van der Waals surface area contributed by atoms with Gasteiger partial charge in [0.1, 0.15) is 11.9 Å². The predicted octanol–water partition coefficient (Wildman–Crippen LogP) is 2.37. The van der Waals surface area contributed by atoms with E-state index in [0.29, 0.717) is 5.56 Å². The highest BCUT2D eigenvalue weighted by molar-refractivity contribution is 7.90. The number of methoxy groups -OCH3 is 1. The third-order valence-corrected chi connectivity index (χ3v) is 6.03. The van der Waals surface area contributed by atoms with Gasteiger partial charge in [-0.15, -0.1) is 0 Å². The lowest BCUT2D eigenvalue weighted by molar-refractivity contribution is -0.142. The minimum absolute atomic E-state index is 0.0550. The third kappa shape index (κ3) is 3.45. The molecule has 0 amide bonds. The molecular formula is C19H19FN2O4S. The van der Waals surface area contributed by atoms with Gasteiger partial charge < -0.3 is 10.5 Å². The van der Waals surface area contributed by atoms with Crippen LogP contribution in [0, 0.1) is 12.7 Å². The molecule has 2 aromatic carbocycles. The van der Waals surface area contributed by atoms with Crippen LogP contribution in [-0.4, -0.2) is 31.5 Å². The molecule has 0 spiro atoms. The van der Waals surface area contributed by atoms with Crippen LogP contribution in [0.5, 0.6) is 0 Å². The first-order chi connectivity index (χ1) is 12.8. The van der Waals surface area contributed by atoms with Gasteiger partial charge in [0.25, 0.3) is 10.0 Å². The molecule has 0 aliphatic carbocycles. The van der Waals surface area contributed by atoms with Crippen LogP contribution in [-0.2, 0) is 26.0 Å². The molecule has 27 heavy (non-hydrogen) atoms. The Kier molecular flexibility index (Phi) is 5.03. The van der Waals surface area contributed by atoms with E-state index in [0.717, 1.165) is 9.54 Å². The molecule has 0 saturated carbocycles. The molecule has 6 nitrogen and oxygen atoms in total. The van der Waals surface area contributed by atoms with E-state index < -0.39 is 27.9 Å². The van der Waals surface area contributed by atoms with Crippen LogP contribution in [0.3, 0.4) is 0 Å². The number of carbonyl (C=O) groups excluding carboxylic acids is 1. The molecule has 2 N–H and O–H groups in total. The number of fused-ring (bicyclic) bond motifs is 1. The summed E-state index contributed by atoms with van der Waals surface area (Å²) in [7, 11) is -2.74. The molecule has 0 aliphatic heterocycles. The quantitative estimate of drug-likeness (QED) is 0.676. The highest BCUT2D eigenvalue weighted by Crippen LogP contribution is 2.29. The number of hydrogen-bond acceptors (Lipinski definition) is 5. The number of aromatic nitrogens is 1. The topological polar surface area (TPSA) is 91.4 Å². The zero-order valence-corrected chi connectivity index (χ0v) is 15.7. The zero-order valence-electron chi connectivity index (χ0n) is 14.8. The molecule has 3 rings (SSSR count). The van der Waals surface area contributed by atoms with Crippen molar-refractivity contribution in [1.82, 2.24) is 3.97 Å². The molecular weight excluding hydrogens is 371 g/mol. The lowest BCUT2D eigenvalue weighted by Gasteiger charge is -2.08. The van der Waals surface area contributed by atoms with Crippen molar-refractivity contribution >= 4 is 26.9 Å². The second-order valence-electron chi connectivity index (χ2n) is 6.24. The van der Waals surface area contributed by atoms with Gasteiger partial charge in [-0.1, -0.05) is 23.8 Å². The SMILES string of the molecule is COC(=O)[C@@H](N)Cc1cn(S(=O)(=O)c2ccc(C)cc2)c2cccc(F)c12. The van der Waals surface area contributed by atoms with E-state index in [1.54, 1.807) is 12.1 Å². The zero-order chi connectivity index (χ0) is 19.8. The first kappa shape index (κ1) is 19.1. The first-order valence-corrected chi connectivity index (χ1v) is 9.64. The summed E-state index contributed by atoms with van der Waals surface area (Å²) in [5.74, 6) is -1.24. The molecule has 0 unspecified atom stereocenters. The maximum absolute atomic E-state index is 14.5. The highest BCUT2D eigenvalue weighted by atomic mass is 32.2. The van der Waals surface area contributed by atoms with Crippen molar-refractivity contribution in [3.63, 3.8) is 0 Å². The smallest absolute Gasteiger partial charge is 0.322 e. The van der Waals surface area contributed by atoms with Crippen molar-refractivity contribution in [3.8, 4) is 0 Å². The summed E-state index contributed by atoms with van der Waals surface area (Å²) in [5.41, 5.74) is 7.21. The van der Waals surface area contributed by atoms with Crippen LogP contribution in [0.15, 0.2) is 53.6 Å². The minimum Gasteiger partial charge on any atom is -0.468 e. The van der Waals surface area contributed by atoms with Crippen molar-refractivity contribution in [2.75, 3.05) is 7.11 Å². The van der Waals surface area contributed by atoms with Crippen molar-refractivity contribution in [3.05, 3.63) is 65.6 Å². The van der Waals surface area contributed by atoms with E-state index in [1.165, 1.54) is 43.6 Å². The number of aryl methyl sites for hydroxylation is 1. The summed E-state index contributed by atoms with van der Waals surface area (Å²) in [6, 6.07) is 9.51. The Morgan fingerprint density at radius 3 is 2.52 bits per heavy atom. The number of halogens is 1. The summed E-state index contributed by atoms with van der Waals surface area (Å²) >= 11 is 0. The number of nitrogens with two attached hydrogens (primary N) is 1. The van der Waals surface area contributed by atoms with E-state index >= 15 is 0 Å². The lowest BCUT2D eigenvalue weighted by atomic mass is 10.1. The van der Waals surface area contributed by atoms with Crippen molar-refractivity contribution in [1.29, 1.82) is 0 Å². The molecule has 3 aromatic rings. The van der Waals surface area contributed by atoms with Crippen LogP contribution < -0.4 is 5.73 Å². The second-order valence-corrected chi connectivity index (χ2v) is 8.05. The monoisotopic (exact) mass is 390 g/mol. The third-order valence-electron chi connectivity index (χ3n) is 4.34. The predicted molar refractivity (Wildman–Crippen MR) is 99.4 cm³/mol. The van der Waals surface area contributed by atoms with E-state index in [1.807, 2.05) is 6.92 Å². The van der Waals surface area contributed by atoms with Crippen LogP contribution in [0.25, 0.3) is 10.9 Å². The summed E-state index contributed by atoms with van der Waals surface area (Å²) in [5, 5.41) is 0.118. The number of benzene rings is 2. The molecule has 0 bridgehead atoms. The summed E-state index contributed by atoms with van der Waals surface area (Å²) in [4.78, 5) is 11.7. The number of ether oxygens (including phenoxy) is 1. The van der Waals surface area contributed by atoms with Gasteiger partial charge in [0, 0.05) is 18.0 Å². The Balaban J connectivity index is 2.18. The van der Waals surface area contributed by atoms with Crippen molar-refractivity contribution in [2.45, 2.75) is 24.3 Å². The Labute approximate surface area is 156 Å². The Morgan fingerprint density at radius 2 is 1.89 bits per heavy atom. The first-order valence-electron chi connectivity index (χ1n) is 8.20. The normalized spacial score (nSPS) is 12.9. The molecule has 8 heteroatoms. The van der Waals surface area contributed by atoms with Gasteiger partial charge in [-0.2, -0.15) is 0 Å². The molecule has 1 heterocycles. The molecule has 0 radical (unpaired) electrons. The fraction of sp³-hybridized carbons (Fsp3) is 0.211. The maximum Gasteiger partial charge on any atom is 0.322 e. The number of carbonyl (C=O) groups is 1. The van der Waals surface area contributed by atoms with Crippen LogP contribution in [0.2, 0.25) is 0 Å². The van der Waals surface area contributed by atoms with Gasteiger partial charge >= 0.3 is 5.97 Å². The van der Waals surface area contributed by atoms with Gasteiger partial charge in [-0.05, 0) is 36.8 Å². The molecule has 142 valence electrons. The second kappa shape index (κ2) is 7.13. The van der Waals surface area contributed by atoms with Gasteiger partial charge in [-0.3, -0.25) is 4.79 Å². The van der Waals surface area contributed by atoms with Crippen LogP contribution in [0.1, 0.15) is 11.1 Å². The minimum atomic E-state index is -3.95. The Hall–Kier alpha value is -2.71. The molecule has 1 atom stereocenters. The maximum atomic E-state index is 14.5. The number of nitrogens with zero attached hydrogens (tertiary/aromatic N) is 1. The highest BCUT2D eigenvalue weighted by Gasteiger charge is 2.25. The van der Waals surface area contributed by atoms with Crippen molar-refractivity contribution in [2.24, 2.45) is 5.73 Å². The van der Waals surface area contributed by atoms with E-state index in [9.17, 15) is 17.6 Å². The van der Waals surface area contributed by atoms with Gasteiger partial charge in [0.05, 0.1) is 17.5 Å². The summed E-state index contributed by atoms with van der Waals surface area (Å²) in [6.45, 7) is 1.85. The molecule has 0 fully saturated rings. The van der Waals surface area contributed by atoms with Gasteiger partial charge in [-0.25, -0.2) is 16.8 Å². The van der Waals surface area contributed by atoms with Crippen LogP contribution >= 0.6 is 0 Å². The fourth-order valence-corrected chi connectivity index (χ4v) is 4.32. The van der Waals surface area contributed by atoms with E-state index in [-0.39, 0.29) is 22.2 Å². The molecule has 0 aliphatic rings. The number of hydrogen-bond donors (Lipinski definition) is 1. The van der Waals surface area contributed by atoms with E-state index in [4.69, 9.17) is 5.73 Å². The molecule has 0 saturated heterocycles. The Morgan fingerprint density at radius 1 is 1.22 bits per heavy atom. The average Bonchev–Trinajstić information content (AvgIpc) is 3.02. The standard InChI is InChI=1S/C19H19FN2O4S/c1-12-6-8-14(9-7-12)27(24,25)22-11-13(10-16(21)19(23)26-2)18-15(20)4-3-5-17(18)22/h3-9,11,16H,10,21H2,1-2H3/t16-/m0/s1. The summed E-state index contributed by atoms with van der Waals surface area (Å²) < 4.78 is 46.2. The van der Waals surface area contributed by atoms with E-state index in [2.05, 4.69) is 4.74 Å². The van der Waals surface area contributed by atoms with Crippen molar-refractivity contribution < 1.29 is 22.3 Å². The lowest BCUT2D eigenvalue weighted by Crippen LogP contribution is -2.33. The Bertz CT molecular complexity index is 1100. The largest absolute Gasteiger partial charge is 0.468 e. The summed E-state index contributed by atoms with van der Waals surface area (Å²) in [6.07, 6.45) is 1.26. The molecule has 1 aromatic heterocycles.